The van der Waals surface area contributed by atoms with Crippen LogP contribution in [0.5, 0.6) is 0 Å². The lowest BCUT2D eigenvalue weighted by molar-refractivity contribution is -0.117. The quantitative estimate of drug-likeness (QED) is 0.894. The number of fused-ring (bicyclic) bond motifs is 1. The number of carbonyl (C=O) groups is 1. The Bertz CT molecular complexity index is 631. The third-order valence-corrected chi connectivity index (χ3v) is 4.67. The number of rotatable bonds is 5. The topological polar surface area (TPSA) is 32.3 Å². The standard InChI is InChI=1S/C19H24N2O.H2/c1-4-21(17-10-6-9-15-11-16(15)17)12-18(22)20-19-13(2)7-5-8-14(19)3;/h5-10,15-16H,4,11-12H2,1-3H3,(H,20,22);1H. The number of allylic oxidation sites excluding steroid dienone is 4. The molecule has 1 fully saturated rings. The fourth-order valence-electron chi connectivity index (χ4n) is 3.28. The molecule has 1 amide bonds. The fourth-order valence-corrected chi connectivity index (χ4v) is 3.28. The number of amides is 1. The zero-order chi connectivity index (χ0) is 15.7. The molecule has 22 heavy (non-hydrogen) atoms. The zero-order valence-electron chi connectivity index (χ0n) is 13.6. The fraction of sp³-hybridized carbons (Fsp3) is 0.421. The molecule has 2 atom stereocenters. The lowest BCUT2D eigenvalue weighted by Gasteiger charge is -2.27. The minimum atomic E-state index is 0. The number of aryl methyl sites for hydroxylation is 2. The van der Waals surface area contributed by atoms with Gasteiger partial charge in [0.25, 0.3) is 0 Å². The van der Waals surface area contributed by atoms with Crippen molar-refractivity contribution in [3.05, 3.63) is 53.3 Å². The molecule has 1 aromatic carbocycles. The number of carbonyl (C=O) groups excluding carboxylic acids is 1. The molecule has 1 saturated carbocycles. The summed E-state index contributed by atoms with van der Waals surface area (Å²) in [7, 11) is 0. The van der Waals surface area contributed by atoms with Crippen molar-refractivity contribution >= 4 is 11.6 Å². The first kappa shape index (κ1) is 14.9. The van der Waals surface area contributed by atoms with E-state index < -0.39 is 0 Å². The molecule has 0 aliphatic heterocycles. The van der Waals surface area contributed by atoms with Crippen LogP contribution in [0.25, 0.3) is 0 Å². The van der Waals surface area contributed by atoms with Gasteiger partial charge in [0.05, 0.1) is 6.54 Å². The van der Waals surface area contributed by atoms with Crippen molar-refractivity contribution in [3.8, 4) is 0 Å². The van der Waals surface area contributed by atoms with Gasteiger partial charge in [-0.25, -0.2) is 0 Å². The third-order valence-electron chi connectivity index (χ3n) is 4.67. The van der Waals surface area contributed by atoms with Crippen molar-refractivity contribution in [2.75, 3.05) is 18.4 Å². The summed E-state index contributed by atoms with van der Waals surface area (Å²) in [5, 5.41) is 3.08. The van der Waals surface area contributed by atoms with E-state index in [0.29, 0.717) is 18.4 Å². The first-order valence-electron chi connectivity index (χ1n) is 8.09. The number of hydrogen-bond donors (Lipinski definition) is 1. The van der Waals surface area contributed by atoms with Crippen LogP contribution in [0.15, 0.2) is 42.1 Å². The monoisotopic (exact) mass is 298 g/mol. The molecule has 0 heterocycles. The van der Waals surface area contributed by atoms with Gasteiger partial charge in [0.15, 0.2) is 0 Å². The molecule has 0 spiro atoms. The summed E-state index contributed by atoms with van der Waals surface area (Å²) in [6.45, 7) is 7.46. The predicted molar refractivity (Wildman–Crippen MR) is 92.7 cm³/mol. The number of nitrogens with one attached hydrogen (secondary N) is 1. The molecule has 3 rings (SSSR count). The molecule has 0 saturated heterocycles. The summed E-state index contributed by atoms with van der Waals surface area (Å²) in [6.07, 6.45) is 7.82. The highest BCUT2D eigenvalue weighted by atomic mass is 16.2. The van der Waals surface area contributed by atoms with Gasteiger partial charge in [0, 0.05) is 25.3 Å². The molecule has 3 nitrogen and oxygen atoms in total. The Kier molecular flexibility index (Phi) is 4.06. The van der Waals surface area contributed by atoms with Gasteiger partial charge in [-0.1, -0.05) is 30.4 Å². The van der Waals surface area contributed by atoms with E-state index in [4.69, 9.17) is 0 Å². The van der Waals surface area contributed by atoms with Gasteiger partial charge in [-0.05, 0) is 50.3 Å². The minimum Gasteiger partial charge on any atom is -0.366 e. The van der Waals surface area contributed by atoms with Crippen LogP contribution in [0.1, 0.15) is 25.9 Å². The van der Waals surface area contributed by atoms with Gasteiger partial charge in [0.1, 0.15) is 0 Å². The predicted octanol–water partition coefficient (Wildman–Crippen LogP) is 3.90. The van der Waals surface area contributed by atoms with Crippen molar-refractivity contribution in [3.63, 3.8) is 0 Å². The van der Waals surface area contributed by atoms with Gasteiger partial charge < -0.3 is 10.2 Å². The molecule has 1 N–H and O–H groups in total. The van der Waals surface area contributed by atoms with E-state index in [1.807, 2.05) is 32.0 Å². The molecule has 2 aliphatic carbocycles. The van der Waals surface area contributed by atoms with Crippen molar-refractivity contribution in [2.45, 2.75) is 27.2 Å². The van der Waals surface area contributed by atoms with Crippen molar-refractivity contribution < 1.29 is 6.22 Å². The number of likely N-dealkylation sites (N-methyl/N-ethyl adjacent to an activating group) is 1. The number of anilines is 1. The summed E-state index contributed by atoms with van der Waals surface area (Å²) >= 11 is 0. The number of benzene rings is 1. The smallest absolute Gasteiger partial charge is 0.243 e. The maximum Gasteiger partial charge on any atom is 0.243 e. The second-order valence-corrected chi connectivity index (χ2v) is 6.31. The van der Waals surface area contributed by atoms with Gasteiger partial charge in [-0.15, -0.1) is 0 Å². The second-order valence-electron chi connectivity index (χ2n) is 6.31. The van der Waals surface area contributed by atoms with Crippen LogP contribution in [0.3, 0.4) is 0 Å². The maximum absolute atomic E-state index is 12.5. The highest BCUT2D eigenvalue weighted by Gasteiger charge is 2.41. The first-order chi connectivity index (χ1) is 10.6. The summed E-state index contributed by atoms with van der Waals surface area (Å²) in [5.41, 5.74) is 4.49. The van der Waals surface area contributed by atoms with Gasteiger partial charge in [-0.2, -0.15) is 0 Å². The average molecular weight is 298 g/mol. The van der Waals surface area contributed by atoms with Crippen LogP contribution in [-0.2, 0) is 4.79 Å². The number of nitrogens with zero attached hydrogens (tertiary/aromatic N) is 1. The van der Waals surface area contributed by atoms with E-state index in [2.05, 4.69) is 35.4 Å². The Balaban J connectivity index is 0.00000192. The van der Waals surface area contributed by atoms with Crippen LogP contribution in [0.2, 0.25) is 0 Å². The molecule has 1 aromatic rings. The zero-order valence-corrected chi connectivity index (χ0v) is 13.6. The van der Waals surface area contributed by atoms with Crippen LogP contribution in [0, 0.1) is 25.7 Å². The van der Waals surface area contributed by atoms with Crippen molar-refractivity contribution in [2.24, 2.45) is 11.8 Å². The van der Waals surface area contributed by atoms with Crippen LogP contribution in [0.4, 0.5) is 5.69 Å². The molecule has 0 radical (unpaired) electrons. The highest BCUT2D eigenvalue weighted by Crippen LogP contribution is 2.48. The third kappa shape index (κ3) is 2.94. The molecule has 0 aromatic heterocycles. The molecule has 2 aliphatic rings. The largest absolute Gasteiger partial charge is 0.366 e. The van der Waals surface area contributed by atoms with Gasteiger partial charge >= 0.3 is 0 Å². The summed E-state index contributed by atoms with van der Waals surface area (Å²) in [4.78, 5) is 14.7. The van der Waals surface area contributed by atoms with E-state index in [0.717, 1.165) is 23.4 Å². The van der Waals surface area contributed by atoms with E-state index in [-0.39, 0.29) is 7.33 Å². The van der Waals surface area contributed by atoms with Crippen LogP contribution < -0.4 is 5.32 Å². The van der Waals surface area contributed by atoms with E-state index >= 15 is 0 Å². The summed E-state index contributed by atoms with van der Waals surface area (Å²) in [5.74, 6) is 1.40. The molecular formula is C19H26N2O. The van der Waals surface area contributed by atoms with Crippen LogP contribution >= 0.6 is 0 Å². The van der Waals surface area contributed by atoms with Crippen LogP contribution in [-0.4, -0.2) is 23.9 Å². The molecule has 3 heteroatoms. The SMILES string of the molecule is CCN(CC(=O)Nc1c(C)cccc1C)C1=CC=CC2CC12.[HH]. The molecule has 118 valence electrons. The minimum absolute atomic E-state index is 0. The van der Waals surface area contributed by atoms with E-state index in [1.165, 1.54) is 12.1 Å². The summed E-state index contributed by atoms with van der Waals surface area (Å²) < 4.78 is 0. The highest BCUT2D eigenvalue weighted by molar-refractivity contribution is 5.93. The first-order valence-corrected chi connectivity index (χ1v) is 8.09. The lowest BCUT2D eigenvalue weighted by Crippen LogP contribution is -2.34. The number of hydrogen-bond acceptors (Lipinski definition) is 2. The van der Waals surface area contributed by atoms with E-state index in [9.17, 15) is 4.79 Å². The number of para-hydroxylation sites is 1. The van der Waals surface area contributed by atoms with E-state index in [1.54, 1.807) is 0 Å². The lowest BCUT2D eigenvalue weighted by atomic mass is 10.1. The van der Waals surface area contributed by atoms with Gasteiger partial charge in [0.2, 0.25) is 5.91 Å². The van der Waals surface area contributed by atoms with Crippen molar-refractivity contribution in [1.82, 2.24) is 4.90 Å². The Hall–Kier alpha value is -2.03. The normalized spacial score (nSPS) is 21.9. The Labute approximate surface area is 134 Å². The maximum atomic E-state index is 12.5. The Morgan fingerprint density at radius 1 is 1.36 bits per heavy atom. The van der Waals surface area contributed by atoms with Gasteiger partial charge in [-0.3, -0.25) is 4.79 Å². The summed E-state index contributed by atoms with van der Waals surface area (Å²) in [6, 6.07) is 6.08. The molecule has 0 bridgehead atoms. The van der Waals surface area contributed by atoms with Crippen molar-refractivity contribution in [1.29, 1.82) is 0 Å². The average Bonchev–Trinajstić information content (AvgIpc) is 3.28. The Morgan fingerprint density at radius 3 is 2.77 bits per heavy atom. The molecular weight excluding hydrogens is 272 g/mol. The Morgan fingerprint density at radius 2 is 2.09 bits per heavy atom. The molecule has 2 unspecified atom stereocenters. The second kappa shape index (κ2) is 5.99.